The third-order valence-electron chi connectivity index (χ3n) is 5.70. The summed E-state index contributed by atoms with van der Waals surface area (Å²) in [5.74, 6) is 1.46. The summed E-state index contributed by atoms with van der Waals surface area (Å²) < 4.78 is 0. The lowest BCUT2D eigenvalue weighted by atomic mass is 10.1. The van der Waals surface area contributed by atoms with E-state index in [-0.39, 0.29) is 5.91 Å². The van der Waals surface area contributed by atoms with Crippen LogP contribution in [0.4, 0.5) is 11.5 Å². The van der Waals surface area contributed by atoms with E-state index >= 15 is 0 Å². The number of rotatable bonds is 7. The minimum absolute atomic E-state index is 0.121. The van der Waals surface area contributed by atoms with Gasteiger partial charge in [-0.15, -0.1) is 0 Å². The number of hydrogen-bond donors (Lipinski definition) is 1. The van der Waals surface area contributed by atoms with Gasteiger partial charge < -0.3 is 15.1 Å². The van der Waals surface area contributed by atoms with E-state index in [0.717, 1.165) is 55.4 Å². The molecule has 1 fully saturated rings. The summed E-state index contributed by atoms with van der Waals surface area (Å²) in [4.78, 5) is 26.3. The average molecular weight is 482 g/mol. The molecule has 1 amide bonds. The number of aryl methyl sites for hydroxylation is 1. The van der Waals surface area contributed by atoms with Crippen LogP contribution in [0.3, 0.4) is 0 Å². The highest BCUT2D eigenvalue weighted by Crippen LogP contribution is 2.25. The lowest BCUT2D eigenvalue weighted by Gasteiger charge is -2.34. The summed E-state index contributed by atoms with van der Waals surface area (Å²) in [6.45, 7) is 9.23. The van der Waals surface area contributed by atoms with Gasteiger partial charge in [-0.05, 0) is 43.3 Å². The van der Waals surface area contributed by atoms with Crippen molar-refractivity contribution in [3.05, 3.63) is 76.4 Å². The molecule has 0 unspecified atom stereocenters. The monoisotopic (exact) mass is 481 g/mol. The van der Waals surface area contributed by atoms with Gasteiger partial charge in [-0.1, -0.05) is 60.1 Å². The molecule has 172 valence electrons. The maximum atomic E-state index is 12.5. The fourth-order valence-electron chi connectivity index (χ4n) is 3.65. The molecule has 8 heteroatoms. The smallest absolute Gasteiger partial charge is 0.255 e. The zero-order chi connectivity index (χ0) is 23.2. The van der Waals surface area contributed by atoms with E-state index in [1.807, 2.05) is 61.5 Å². The third-order valence-corrected chi connectivity index (χ3v) is 6.81. The van der Waals surface area contributed by atoms with Crippen LogP contribution in [0.15, 0.2) is 59.8 Å². The minimum Gasteiger partial charge on any atom is -0.354 e. The standard InChI is InChI=1S/C25H28ClN5OS/c1-3-30-12-14-31(15-13-30)23-16-22(26)28-25(29-23)33-17-19-6-8-20(9-7-19)24(32)27-21-10-4-18(2)5-11-21/h4-11,16H,3,12-15,17H2,1-2H3,(H,27,32). The second kappa shape index (κ2) is 11.0. The number of amides is 1. The second-order valence-electron chi connectivity index (χ2n) is 8.06. The molecular weight excluding hydrogens is 454 g/mol. The van der Waals surface area contributed by atoms with Gasteiger partial charge in [-0.3, -0.25) is 4.79 Å². The Morgan fingerprint density at radius 1 is 1.03 bits per heavy atom. The van der Waals surface area contributed by atoms with E-state index < -0.39 is 0 Å². The number of aromatic nitrogens is 2. The zero-order valence-corrected chi connectivity index (χ0v) is 20.5. The molecule has 0 atom stereocenters. The Morgan fingerprint density at radius 2 is 1.73 bits per heavy atom. The highest BCUT2D eigenvalue weighted by Gasteiger charge is 2.18. The molecule has 2 aromatic carbocycles. The van der Waals surface area contributed by atoms with Gasteiger partial charge in [-0.25, -0.2) is 9.97 Å². The number of hydrogen-bond acceptors (Lipinski definition) is 6. The first-order chi connectivity index (χ1) is 16.0. The van der Waals surface area contributed by atoms with Crippen LogP contribution in [-0.4, -0.2) is 53.5 Å². The van der Waals surface area contributed by atoms with Crippen molar-refractivity contribution in [1.82, 2.24) is 14.9 Å². The summed E-state index contributed by atoms with van der Waals surface area (Å²) >= 11 is 7.84. The lowest BCUT2D eigenvalue weighted by molar-refractivity contribution is 0.102. The molecule has 1 aliphatic rings. The molecular formula is C25H28ClN5OS. The Morgan fingerprint density at radius 3 is 2.39 bits per heavy atom. The van der Waals surface area contributed by atoms with E-state index in [1.165, 1.54) is 0 Å². The summed E-state index contributed by atoms with van der Waals surface area (Å²) in [6.07, 6.45) is 0. The van der Waals surface area contributed by atoms with Crippen molar-refractivity contribution in [2.45, 2.75) is 24.8 Å². The summed E-state index contributed by atoms with van der Waals surface area (Å²) in [5.41, 5.74) is 3.66. The van der Waals surface area contributed by atoms with E-state index in [0.29, 0.717) is 21.6 Å². The number of carbonyl (C=O) groups excluding carboxylic acids is 1. The van der Waals surface area contributed by atoms with Crippen molar-refractivity contribution in [2.24, 2.45) is 0 Å². The largest absolute Gasteiger partial charge is 0.354 e. The summed E-state index contributed by atoms with van der Waals surface area (Å²) in [6, 6.07) is 17.2. The van der Waals surface area contributed by atoms with E-state index in [4.69, 9.17) is 16.6 Å². The van der Waals surface area contributed by atoms with Crippen LogP contribution >= 0.6 is 23.4 Å². The number of anilines is 2. The molecule has 0 radical (unpaired) electrons. The van der Waals surface area contributed by atoms with Crippen LogP contribution in [0.5, 0.6) is 0 Å². The topological polar surface area (TPSA) is 61.4 Å². The SMILES string of the molecule is CCN1CCN(c2cc(Cl)nc(SCc3ccc(C(=O)Nc4ccc(C)cc4)cc3)n2)CC1. The van der Waals surface area contributed by atoms with Crippen molar-refractivity contribution < 1.29 is 4.79 Å². The van der Waals surface area contributed by atoms with Crippen LogP contribution in [-0.2, 0) is 5.75 Å². The van der Waals surface area contributed by atoms with Crippen molar-refractivity contribution in [1.29, 1.82) is 0 Å². The van der Waals surface area contributed by atoms with Gasteiger partial charge in [0.05, 0.1) is 0 Å². The van der Waals surface area contributed by atoms with Crippen LogP contribution < -0.4 is 10.2 Å². The fraction of sp³-hybridized carbons (Fsp3) is 0.320. The first-order valence-electron chi connectivity index (χ1n) is 11.1. The normalized spacial score (nSPS) is 14.3. The molecule has 1 aliphatic heterocycles. The Kier molecular flexibility index (Phi) is 7.85. The highest BCUT2D eigenvalue weighted by atomic mass is 35.5. The van der Waals surface area contributed by atoms with E-state index in [2.05, 4.69) is 27.0 Å². The second-order valence-corrected chi connectivity index (χ2v) is 9.39. The molecule has 0 aliphatic carbocycles. The number of nitrogens with zero attached hydrogens (tertiary/aromatic N) is 4. The first kappa shape index (κ1) is 23.5. The van der Waals surface area contributed by atoms with Gasteiger partial charge in [0.15, 0.2) is 5.16 Å². The van der Waals surface area contributed by atoms with Gasteiger partial charge in [0.1, 0.15) is 11.0 Å². The van der Waals surface area contributed by atoms with Crippen molar-refractivity contribution >= 4 is 40.8 Å². The number of benzene rings is 2. The predicted molar refractivity (Wildman–Crippen MR) is 137 cm³/mol. The predicted octanol–water partition coefficient (Wildman–Crippen LogP) is 5.12. The maximum absolute atomic E-state index is 12.5. The van der Waals surface area contributed by atoms with Crippen LogP contribution in [0.2, 0.25) is 5.15 Å². The van der Waals surface area contributed by atoms with Gasteiger partial charge in [0.2, 0.25) is 0 Å². The molecule has 0 spiro atoms. The molecule has 3 aromatic rings. The number of halogens is 1. The molecule has 1 saturated heterocycles. The molecule has 0 saturated carbocycles. The third kappa shape index (κ3) is 6.47. The van der Waals surface area contributed by atoms with Gasteiger partial charge in [-0.2, -0.15) is 0 Å². The maximum Gasteiger partial charge on any atom is 0.255 e. The minimum atomic E-state index is -0.121. The molecule has 6 nitrogen and oxygen atoms in total. The van der Waals surface area contributed by atoms with Crippen LogP contribution in [0.1, 0.15) is 28.4 Å². The number of nitrogens with one attached hydrogen (secondary N) is 1. The average Bonchev–Trinajstić information content (AvgIpc) is 2.84. The fourth-order valence-corrected chi connectivity index (χ4v) is 4.68. The summed E-state index contributed by atoms with van der Waals surface area (Å²) in [7, 11) is 0. The number of carbonyl (C=O) groups is 1. The van der Waals surface area contributed by atoms with E-state index in [9.17, 15) is 4.79 Å². The Labute approximate surface area is 204 Å². The number of piperazine rings is 1. The Bertz CT molecular complexity index is 1080. The Hall–Kier alpha value is -2.61. The van der Waals surface area contributed by atoms with E-state index in [1.54, 1.807) is 11.8 Å². The lowest BCUT2D eigenvalue weighted by Crippen LogP contribution is -2.46. The van der Waals surface area contributed by atoms with Crippen LogP contribution in [0.25, 0.3) is 0 Å². The molecule has 1 aromatic heterocycles. The van der Waals surface area contributed by atoms with Crippen molar-refractivity contribution in [3.8, 4) is 0 Å². The van der Waals surface area contributed by atoms with Gasteiger partial charge in [0, 0.05) is 49.2 Å². The van der Waals surface area contributed by atoms with Crippen molar-refractivity contribution in [3.63, 3.8) is 0 Å². The number of likely N-dealkylation sites (N-methyl/N-ethyl adjacent to an activating group) is 1. The first-order valence-corrected chi connectivity index (χ1v) is 12.5. The van der Waals surface area contributed by atoms with Gasteiger partial charge >= 0.3 is 0 Å². The van der Waals surface area contributed by atoms with Crippen molar-refractivity contribution in [2.75, 3.05) is 42.9 Å². The Balaban J connectivity index is 1.35. The number of thioether (sulfide) groups is 1. The van der Waals surface area contributed by atoms with Gasteiger partial charge in [0.25, 0.3) is 5.91 Å². The molecule has 2 heterocycles. The zero-order valence-electron chi connectivity index (χ0n) is 18.9. The summed E-state index contributed by atoms with van der Waals surface area (Å²) in [5, 5.41) is 4.05. The van der Waals surface area contributed by atoms with Crippen LogP contribution in [0, 0.1) is 6.92 Å². The quantitative estimate of drug-likeness (QED) is 0.287. The molecule has 33 heavy (non-hydrogen) atoms. The molecule has 1 N–H and O–H groups in total. The highest BCUT2D eigenvalue weighted by molar-refractivity contribution is 7.98. The molecule has 0 bridgehead atoms. The molecule has 4 rings (SSSR count).